The molecule has 0 unspecified atom stereocenters. The fourth-order valence-corrected chi connectivity index (χ4v) is 5.64. The zero-order chi connectivity index (χ0) is 27.0. The highest BCUT2D eigenvalue weighted by molar-refractivity contribution is 7.18. The highest BCUT2D eigenvalue weighted by Gasteiger charge is 2.33. The fourth-order valence-electron chi connectivity index (χ4n) is 4.81. The Morgan fingerprint density at radius 2 is 2.05 bits per heavy atom. The highest BCUT2D eigenvalue weighted by atomic mass is 32.1. The van der Waals surface area contributed by atoms with Gasteiger partial charge in [-0.25, -0.2) is 15.0 Å². The van der Waals surface area contributed by atoms with E-state index < -0.39 is 11.8 Å². The van der Waals surface area contributed by atoms with Crippen LogP contribution in [0.1, 0.15) is 32.3 Å². The number of aliphatic hydroxyl groups is 1. The van der Waals surface area contributed by atoms with Gasteiger partial charge in [0.15, 0.2) is 5.82 Å². The zero-order valence-corrected chi connectivity index (χ0v) is 21.7. The molecule has 1 fully saturated rings. The Morgan fingerprint density at radius 1 is 1.24 bits per heavy atom. The summed E-state index contributed by atoms with van der Waals surface area (Å²) in [6, 6.07) is 9.74. The minimum absolute atomic E-state index is 0.0725. The van der Waals surface area contributed by atoms with Crippen LogP contribution in [-0.2, 0) is 0 Å². The van der Waals surface area contributed by atoms with Crippen LogP contribution < -0.4 is 26.4 Å². The quantitative estimate of drug-likeness (QED) is 0.278. The van der Waals surface area contributed by atoms with Gasteiger partial charge in [0.05, 0.1) is 52.0 Å². The molecule has 2 aromatic carbocycles. The van der Waals surface area contributed by atoms with Gasteiger partial charge >= 0.3 is 0 Å². The number of fused-ring (bicyclic) bond motifs is 1. The van der Waals surface area contributed by atoms with Gasteiger partial charge in [0.1, 0.15) is 17.0 Å². The molecule has 0 radical (unpaired) electrons. The molecule has 2 atom stereocenters. The first-order valence-electron chi connectivity index (χ1n) is 12.0. The molecule has 0 spiro atoms. The van der Waals surface area contributed by atoms with Crippen LogP contribution in [0.2, 0.25) is 0 Å². The lowest BCUT2D eigenvalue weighted by molar-refractivity contribution is 0.0998. The number of hydrogen-bond donors (Lipinski definition) is 4. The van der Waals surface area contributed by atoms with Crippen LogP contribution in [0.25, 0.3) is 21.6 Å². The number of carbonyl (C=O) groups excluding carboxylic acids is 2. The van der Waals surface area contributed by atoms with E-state index in [2.05, 4.69) is 15.3 Å². The Kier molecular flexibility index (Phi) is 6.93. The number of aromatic nitrogens is 3. The van der Waals surface area contributed by atoms with Crippen molar-refractivity contribution in [3.8, 4) is 17.1 Å². The highest BCUT2D eigenvalue weighted by Crippen LogP contribution is 2.40. The number of aliphatic hydroxyl groups excluding tert-OH is 1. The molecule has 0 aliphatic carbocycles. The number of hydrogen-bond acceptors (Lipinski definition) is 10. The van der Waals surface area contributed by atoms with Crippen LogP contribution >= 0.6 is 11.3 Å². The third-order valence-electron chi connectivity index (χ3n) is 6.46. The summed E-state index contributed by atoms with van der Waals surface area (Å²) in [5.41, 5.74) is 14.3. The Morgan fingerprint density at radius 3 is 2.79 bits per heavy atom. The molecular formula is C26H27N7O4S. The molecule has 12 heteroatoms. The van der Waals surface area contributed by atoms with Crippen molar-refractivity contribution < 1.29 is 19.4 Å². The smallest absolute Gasteiger partial charge is 0.274 e. The molecular weight excluding hydrogens is 506 g/mol. The summed E-state index contributed by atoms with van der Waals surface area (Å²) < 4.78 is 6.37. The molecule has 38 heavy (non-hydrogen) atoms. The average Bonchev–Trinajstić information content (AvgIpc) is 3.48. The summed E-state index contributed by atoms with van der Waals surface area (Å²) >= 11 is 1.55. The molecule has 196 valence electrons. The second-order valence-electron chi connectivity index (χ2n) is 8.99. The normalized spacial score (nSPS) is 17.1. The van der Waals surface area contributed by atoms with Crippen molar-refractivity contribution in [3.05, 3.63) is 58.9 Å². The molecule has 1 aliphatic rings. The van der Waals surface area contributed by atoms with E-state index in [0.717, 1.165) is 15.2 Å². The van der Waals surface area contributed by atoms with Crippen molar-refractivity contribution in [2.24, 2.45) is 11.5 Å². The molecule has 1 aliphatic heterocycles. The van der Waals surface area contributed by atoms with Crippen molar-refractivity contribution >= 4 is 44.7 Å². The van der Waals surface area contributed by atoms with Gasteiger partial charge in [-0.05, 0) is 43.7 Å². The number of rotatable bonds is 7. The van der Waals surface area contributed by atoms with Gasteiger partial charge in [-0.2, -0.15) is 0 Å². The lowest BCUT2D eigenvalue weighted by atomic mass is 10.0. The predicted molar refractivity (Wildman–Crippen MR) is 146 cm³/mol. The SMILES string of the molecule is COc1cccc(C(N)=O)c1-c1nccc(C(=O)Nc2ccc3sc(C)nc3c2N2C[C@H](N)C[C@H]2CO)n1. The van der Waals surface area contributed by atoms with Gasteiger partial charge < -0.3 is 31.5 Å². The third kappa shape index (κ3) is 4.64. The number of aryl methyl sites for hydroxylation is 1. The van der Waals surface area contributed by atoms with Crippen molar-refractivity contribution in [3.63, 3.8) is 0 Å². The molecule has 6 N–H and O–H groups in total. The maximum atomic E-state index is 13.5. The number of nitrogens with two attached hydrogens (primary N) is 2. The van der Waals surface area contributed by atoms with Crippen molar-refractivity contribution in [2.75, 3.05) is 30.5 Å². The number of amides is 2. The van der Waals surface area contributed by atoms with Gasteiger partial charge in [0.25, 0.3) is 5.91 Å². The Balaban J connectivity index is 1.55. The minimum Gasteiger partial charge on any atom is -0.496 e. The summed E-state index contributed by atoms with van der Waals surface area (Å²) in [6.07, 6.45) is 2.06. The van der Waals surface area contributed by atoms with Crippen LogP contribution in [0.15, 0.2) is 42.6 Å². The number of anilines is 2. The second kappa shape index (κ2) is 10.3. The first-order valence-corrected chi connectivity index (χ1v) is 12.8. The van der Waals surface area contributed by atoms with Crippen molar-refractivity contribution in [1.29, 1.82) is 0 Å². The van der Waals surface area contributed by atoms with E-state index in [1.807, 2.05) is 24.0 Å². The van der Waals surface area contributed by atoms with Crippen molar-refractivity contribution in [2.45, 2.75) is 25.4 Å². The van der Waals surface area contributed by atoms with Crippen LogP contribution in [0.5, 0.6) is 5.75 Å². The molecule has 2 amide bonds. The van der Waals surface area contributed by atoms with Gasteiger partial charge in [-0.3, -0.25) is 9.59 Å². The van der Waals surface area contributed by atoms with Crippen LogP contribution in [0.4, 0.5) is 11.4 Å². The number of methoxy groups -OCH3 is 1. The predicted octanol–water partition coefficient (Wildman–Crippen LogP) is 2.32. The molecule has 5 rings (SSSR count). The Labute approximate surface area is 222 Å². The summed E-state index contributed by atoms with van der Waals surface area (Å²) in [4.78, 5) is 40.9. The standard InChI is InChI=1S/C26H27N7O4S/c1-13-30-22-20(38-13)7-6-17(23(22)33-11-14(27)10-15(33)12-34)32-26(36)18-8-9-29-25(31-18)21-16(24(28)35)4-3-5-19(21)37-2/h3-9,14-15,34H,10-12,27H2,1-2H3,(H2,28,35)(H,32,36)/t14-,15+/m1/s1. The van der Waals surface area contributed by atoms with Gasteiger partial charge in [0, 0.05) is 18.8 Å². The molecule has 3 heterocycles. The summed E-state index contributed by atoms with van der Waals surface area (Å²) in [6.45, 7) is 2.37. The third-order valence-corrected chi connectivity index (χ3v) is 7.39. The van der Waals surface area contributed by atoms with E-state index in [0.29, 0.717) is 35.7 Å². The van der Waals surface area contributed by atoms with Crippen molar-refractivity contribution in [1.82, 2.24) is 15.0 Å². The molecule has 0 bridgehead atoms. The maximum Gasteiger partial charge on any atom is 0.274 e. The first kappa shape index (κ1) is 25.5. The molecule has 2 aromatic heterocycles. The number of ether oxygens (including phenoxy) is 1. The maximum absolute atomic E-state index is 13.5. The molecule has 1 saturated heterocycles. The zero-order valence-electron chi connectivity index (χ0n) is 20.8. The van der Waals surface area contributed by atoms with E-state index in [1.54, 1.807) is 29.5 Å². The fraction of sp³-hybridized carbons (Fsp3) is 0.269. The molecule has 11 nitrogen and oxygen atoms in total. The second-order valence-corrected chi connectivity index (χ2v) is 10.2. The minimum atomic E-state index is -0.670. The largest absolute Gasteiger partial charge is 0.496 e. The summed E-state index contributed by atoms with van der Waals surface area (Å²) in [5, 5.41) is 13.9. The monoisotopic (exact) mass is 533 g/mol. The molecule has 0 saturated carbocycles. The number of nitrogens with zero attached hydrogens (tertiary/aromatic N) is 4. The van der Waals surface area contributed by atoms with Gasteiger partial charge in [-0.1, -0.05) is 6.07 Å². The Hall–Kier alpha value is -4.13. The van der Waals surface area contributed by atoms with E-state index >= 15 is 0 Å². The lowest BCUT2D eigenvalue weighted by Crippen LogP contribution is -2.34. The van der Waals surface area contributed by atoms with E-state index in [4.69, 9.17) is 21.2 Å². The number of benzene rings is 2. The number of carbonyl (C=O) groups is 2. The van der Waals surface area contributed by atoms with Crippen LogP contribution in [0.3, 0.4) is 0 Å². The van der Waals surface area contributed by atoms with Gasteiger partial charge in [-0.15, -0.1) is 11.3 Å². The molecule has 4 aromatic rings. The first-order chi connectivity index (χ1) is 18.3. The van der Waals surface area contributed by atoms with Crippen LogP contribution in [-0.4, -0.2) is 64.2 Å². The summed E-state index contributed by atoms with van der Waals surface area (Å²) in [7, 11) is 1.46. The van der Waals surface area contributed by atoms with E-state index in [-0.39, 0.29) is 35.8 Å². The van der Waals surface area contributed by atoms with Crippen LogP contribution in [0, 0.1) is 6.92 Å². The number of nitrogens with one attached hydrogen (secondary N) is 1. The topological polar surface area (TPSA) is 170 Å². The number of thiazole rings is 1. The summed E-state index contributed by atoms with van der Waals surface area (Å²) in [5.74, 6) is -0.677. The Bertz CT molecular complexity index is 1540. The van der Waals surface area contributed by atoms with E-state index in [1.165, 1.54) is 19.4 Å². The van der Waals surface area contributed by atoms with Gasteiger partial charge in [0.2, 0.25) is 5.91 Å². The average molecular weight is 534 g/mol. The lowest BCUT2D eigenvalue weighted by Gasteiger charge is -2.28. The number of primary amides is 1. The van der Waals surface area contributed by atoms with E-state index in [9.17, 15) is 14.7 Å².